The van der Waals surface area contributed by atoms with Crippen LogP contribution in [0, 0.1) is 0 Å². The first kappa shape index (κ1) is 26.4. The number of benzene rings is 4. The average Bonchev–Trinajstić information content (AvgIpc) is 3.45. The average molecular weight is 607 g/mol. The van der Waals surface area contributed by atoms with E-state index in [1.807, 2.05) is 48.5 Å². The van der Waals surface area contributed by atoms with Crippen LogP contribution in [0.1, 0.15) is 33.9 Å². The van der Waals surface area contributed by atoms with Crippen molar-refractivity contribution < 1.29 is 18.9 Å². The van der Waals surface area contributed by atoms with E-state index in [4.69, 9.17) is 53.8 Å². The number of hydrogen-bond acceptors (Lipinski definition) is 5. The van der Waals surface area contributed by atoms with Crippen LogP contribution in [0.2, 0.25) is 0 Å². The van der Waals surface area contributed by atoms with Gasteiger partial charge in [0.2, 0.25) is 10.6 Å². The molecule has 0 fully saturated rings. The van der Waals surface area contributed by atoms with Gasteiger partial charge >= 0.3 is 0 Å². The van der Waals surface area contributed by atoms with E-state index in [0.29, 0.717) is 24.7 Å². The van der Waals surface area contributed by atoms with Gasteiger partial charge in [0.1, 0.15) is 12.6 Å². The fourth-order valence-electron chi connectivity index (χ4n) is 6.03. The molecule has 0 saturated carbocycles. The van der Waals surface area contributed by atoms with Gasteiger partial charge in [-0.1, -0.05) is 95.5 Å². The van der Waals surface area contributed by atoms with Gasteiger partial charge in [-0.05, 0) is 58.5 Å². The van der Waals surface area contributed by atoms with Gasteiger partial charge in [0.25, 0.3) is 0 Å². The fourth-order valence-corrected chi connectivity index (χ4v) is 6.71. The van der Waals surface area contributed by atoms with Gasteiger partial charge in [-0.3, -0.25) is 0 Å². The molecule has 3 heterocycles. The molecule has 0 unspecified atom stereocenters. The third-order valence-electron chi connectivity index (χ3n) is 7.88. The first-order valence-corrected chi connectivity index (χ1v) is 14.5. The Balaban J connectivity index is 1.34. The van der Waals surface area contributed by atoms with Crippen molar-refractivity contribution in [1.29, 1.82) is 0 Å². The zero-order chi connectivity index (χ0) is 28.1. The zero-order valence-corrected chi connectivity index (χ0v) is 24.5. The van der Waals surface area contributed by atoms with Crippen molar-refractivity contribution in [1.82, 2.24) is 4.90 Å². The van der Waals surface area contributed by atoms with E-state index in [2.05, 4.69) is 41.3 Å². The van der Waals surface area contributed by atoms with Crippen molar-refractivity contribution in [3.05, 3.63) is 107 Å². The van der Waals surface area contributed by atoms with Gasteiger partial charge in [-0.2, -0.15) is 0 Å². The fraction of sp³-hybridized carbons (Fsp3) is 0.212. The highest BCUT2D eigenvalue weighted by molar-refractivity contribution is 6.68. The molecule has 0 N–H and O–H groups in total. The van der Waals surface area contributed by atoms with Crippen molar-refractivity contribution >= 4 is 46.6 Å². The maximum atomic E-state index is 6.79. The lowest BCUT2D eigenvalue weighted by molar-refractivity contribution is 0.174. The molecule has 208 valence electrons. The molecule has 3 aliphatic heterocycles. The number of hydrogen-bond donors (Lipinski definition) is 0. The minimum atomic E-state index is -1.66. The van der Waals surface area contributed by atoms with Crippen molar-refractivity contribution in [2.24, 2.45) is 0 Å². The molecule has 7 rings (SSSR count). The Bertz CT molecular complexity index is 1670. The molecule has 0 aromatic heterocycles. The molecule has 3 aliphatic rings. The molecule has 4 aromatic rings. The number of nitrogens with zero attached hydrogens (tertiary/aromatic N) is 1. The maximum absolute atomic E-state index is 6.79. The molecule has 0 spiro atoms. The lowest BCUT2D eigenvalue weighted by atomic mass is 9.86. The number of alkyl halides is 3. The van der Waals surface area contributed by atoms with Crippen molar-refractivity contribution in [3.8, 4) is 34.1 Å². The monoisotopic (exact) mass is 605 g/mol. The quantitative estimate of drug-likeness (QED) is 0.213. The van der Waals surface area contributed by atoms with Crippen molar-refractivity contribution in [2.45, 2.75) is 22.9 Å². The highest BCUT2D eigenvalue weighted by Crippen LogP contribution is 2.56. The Morgan fingerprint density at radius 1 is 0.902 bits per heavy atom. The number of rotatable bonds is 5. The summed E-state index contributed by atoms with van der Waals surface area (Å²) in [5.74, 6) is 2.63. The topological polar surface area (TPSA) is 40.2 Å². The SMILES string of the molecule is COc1ccc2c(c1OCc1ccccc1-c1ccccc1)[C@@H](C(Cl)(Cl)Cl)N1CCc3cc4c(cc3C1=C2)OCO4. The molecule has 0 aliphatic carbocycles. The van der Waals surface area contributed by atoms with E-state index in [9.17, 15) is 0 Å². The van der Waals surface area contributed by atoms with Gasteiger partial charge in [-0.25, -0.2) is 0 Å². The number of fused-ring (bicyclic) bond motifs is 5. The van der Waals surface area contributed by atoms with Gasteiger partial charge < -0.3 is 23.8 Å². The predicted octanol–water partition coefficient (Wildman–Crippen LogP) is 8.45. The second-order valence-electron chi connectivity index (χ2n) is 10.2. The van der Waals surface area contributed by atoms with E-state index in [1.54, 1.807) is 7.11 Å². The lowest BCUT2D eigenvalue weighted by Crippen LogP contribution is -2.41. The molecule has 5 nitrogen and oxygen atoms in total. The molecule has 8 heteroatoms. The van der Waals surface area contributed by atoms with Crippen LogP contribution in [-0.2, 0) is 13.0 Å². The zero-order valence-electron chi connectivity index (χ0n) is 22.2. The van der Waals surface area contributed by atoms with E-state index in [1.165, 1.54) is 5.56 Å². The standard InChI is InChI=1S/C33H26Cl3NO4/c1-38-27-12-11-22-15-26-25-17-29-28(40-19-41-29)16-21(25)13-14-37(26)32(33(34,35)36)30(22)31(27)39-18-23-9-5-6-10-24(23)20-7-3-2-4-8-20/h2-12,15-17,32H,13-14,18-19H2,1H3/t32-/m0/s1. The summed E-state index contributed by atoms with van der Waals surface area (Å²) >= 11 is 20.4. The van der Waals surface area contributed by atoms with Crippen LogP contribution in [-0.4, -0.2) is 29.1 Å². The molecule has 0 saturated heterocycles. The maximum Gasteiger partial charge on any atom is 0.231 e. The first-order chi connectivity index (χ1) is 19.9. The Hall–Kier alpha value is -3.51. The van der Waals surface area contributed by atoms with E-state index < -0.39 is 9.83 Å². The summed E-state index contributed by atoms with van der Waals surface area (Å²) in [6.07, 6.45) is 2.90. The Morgan fingerprint density at radius 2 is 1.66 bits per heavy atom. The molecule has 1 atom stereocenters. The highest BCUT2D eigenvalue weighted by atomic mass is 35.6. The highest BCUT2D eigenvalue weighted by Gasteiger charge is 2.46. The van der Waals surface area contributed by atoms with Gasteiger partial charge in [0.15, 0.2) is 23.0 Å². The summed E-state index contributed by atoms with van der Waals surface area (Å²) in [5.41, 5.74) is 8.14. The predicted molar refractivity (Wildman–Crippen MR) is 163 cm³/mol. The Morgan fingerprint density at radius 3 is 2.44 bits per heavy atom. The summed E-state index contributed by atoms with van der Waals surface area (Å²) < 4.78 is 22.1. The van der Waals surface area contributed by atoms with Crippen LogP contribution in [0.25, 0.3) is 22.9 Å². The summed E-state index contributed by atoms with van der Waals surface area (Å²) in [5, 5.41) is 0. The lowest BCUT2D eigenvalue weighted by Gasteiger charge is -2.46. The summed E-state index contributed by atoms with van der Waals surface area (Å²) in [4.78, 5) is 2.16. The molecule has 0 amide bonds. The van der Waals surface area contributed by atoms with Crippen LogP contribution in [0.5, 0.6) is 23.0 Å². The van der Waals surface area contributed by atoms with Gasteiger partial charge in [0, 0.05) is 23.4 Å². The molecule has 41 heavy (non-hydrogen) atoms. The number of methoxy groups -OCH3 is 1. The van der Waals surface area contributed by atoms with Crippen molar-refractivity contribution in [2.75, 3.05) is 20.4 Å². The third kappa shape index (κ3) is 4.66. The minimum Gasteiger partial charge on any atom is -0.493 e. The van der Waals surface area contributed by atoms with Crippen LogP contribution >= 0.6 is 34.8 Å². The largest absolute Gasteiger partial charge is 0.493 e. The van der Waals surface area contributed by atoms with E-state index in [-0.39, 0.29) is 6.79 Å². The second kappa shape index (κ2) is 10.4. The second-order valence-corrected chi connectivity index (χ2v) is 12.6. The Labute approximate surface area is 253 Å². The smallest absolute Gasteiger partial charge is 0.231 e. The molecule has 4 aromatic carbocycles. The molecule has 0 bridgehead atoms. The number of halogens is 3. The molecular formula is C33H26Cl3NO4. The minimum absolute atomic E-state index is 0.217. The van der Waals surface area contributed by atoms with Crippen molar-refractivity contribution in [3.63, 3.8) is 0 Å². The summed E-state index contributed by atoms with van der Waals surface area (Å²) in [7, 11) is 1.63. The van der Waals surface area contributed by atoms with Crippen LogP contribution < -0.4 is 18.9 Å². The summed E-state index contributed by atoms with van der Waals surface area (Å²) in [6.45, 7) is 1.19. The normalized spacial score (nSPS) is 16.8. The van der Waals surface area contributed by atoms with Gasteiger partial charge in [0.05, 0.1) is 7.11 Å². The first-order valence-electron chi connectivity index (χ1n) is 13.4. The molecular weight excluding hydrogens is 581 g/mol. The summed E-state index contributed by atoms with van der Waals surface area (Å²) in [6, 6.07) is 25.8. The van der Waals surface area contributed by atoms with E-state index in [0.717, 1.165) is 57.0 Å². The Kier molecular flexibility index (Phi) is 6.69. The molecule has 0 radical (unpaired) electrons. The van der Waals surface area contributed by atoms with Crippen LogP contribution in [0.3, 0.4) is 0 Å². The third-order valence-corrected chi connectivity index (χ3v) is 8.50. The van der Waals surface area contributed by atoms with E-state index >= 15 is 0 Å². The van der Waals surface area contributed by atoms with Crippen LogP contribution in [0.4, 0.5) is 0 Å². The van der Waals surface area contributed by atoms with Crippen LogP contribution in [0.15, 0.2) is 78.9 Å². The number of ether oxygens (including phenoxy) is 4. The van der Waals surface area contributed by atoms with Gasteiger partial charge in [-0.15, -0.1) is 0 Å².